The number of nitrogens with one attached hydrogen (secondary N) is 1. The molecule has 1 amide bonds. The lowest BCUT2D eigenvalue weighted by Gasteiger charge is -2.12. The summed E-state index contributed by atoms with van der Waals surface area (Å²) in [6.45, 7) is -2.24. The SMILES string of the molecule is COCc1ccccc1C(=O)NCCc1ccc(OC)c(OC(F)F)c1. The molecule has 2 rings (SSSR count). The van der Waals surface area contributed by atoms with Gasteiger partial charge in [0.2, 0.25) is 0 Å². The van der Waals surface area contributed by atoms with Crippen LogP contribution in [0, 0.1) is 0 Å². The van der Waals surface area contributed by atoms with Crippen LogP contribution in [0.15, 0.2) is 42.5 Å². The maximum absolute atomic E-state index is 12.5. The van der Waals surface area contributed by atoms with E-state index in [1.807, 2.05) is 12.1 Å². The molecule has 2 aromatic rings. The molecule has 0 saturated heterocycles. The molecular formula is C19H21F2NO4. The lowest BCUT2D eigenvalue weighted by Crippen LogP contribution is -2.26. The van der Waals surface area contributed by atoms with Crippen LogP contribution in [0.5, 0.6) is 11.5 Å². The van der Waals surface area contributed by atoms with Crippen LogP contribution in [0.25, 0.3) is 0 Å². The summed E-state index contributed by atoms with van der Waals surface area (Å²) < 4.78 is 39.5. The minimum atomic E-state index is -2.93. The van der Waals surface area contributed by atoms with Gasteiger partial charge in [-0.2, -0.15) is 8.78 Å². The molecule has 0 fully saturated rings. The number of carbonyl (C=O) groups is 1. The number of hydrogen-bond acceptors (Lipinski definition) is 4. The van der Waals surface area contributed by atoms with Crippen molar-refractivity contribution in [2.45, 2.75) is 19.6 Å². The zero-order valence-corrected chi connectivity index (χ0v) is 14.6. The van der Waals surface area contributed by atoms with Crippen molar-refractivity contribution in [3.8, 4) is 11.5 Å². The summed E-state index contributed by atoms with van der Waals surface area (Å²) in [6.07, 6.45) is 0.460. The van der Waals surface area contributed by atoms with Gasteiger partial charge in [0.25, 0.3) is 5.91 Å². The molecule has 140 valence electrons. The third kappa shape index (κ3) is 5.42. The van der Waals surface area contributed by atoms with E-state index in [0.717, 1.165) is 11.1 Å². The highest BCUT2D eigenvalue weighted by Gasteiger charge is 2.13. The Bertz CT molecular complexity index is 737. The van der Waals surface area contributed by atoms with E-state index in [1.54, 1.807) is 31.4 Å². The van der Waals surface area contributed by atoms with Crippen LogP contribution in [0.2, 0.25) is 0 Å². The van der Waals surface area contributed by atoms with Crippen molar-refractivity contribution < 1.29 is 27.8 Å². The minimum Gasteiger partial charge on any atom is -0.493 e. The second kappa shape index (κ2) is 9.72. The number of amides is 1. The van der Waals surface area contributed by atoms with Gasteiger partial charge in [-0.15, -0.1) is 0 Å². The molecule has 0 radical (unpaired) electrons. The van der Waals surface area contributed by atoms with E-state index in [-0.39, 0.29) is 17.4 Å². The highest BCUT2D eigenvalue weighted by Crippen LogP contribution is 2.29. The summed E-state index contributed by atoms with van der Waals surface area (Å²) in [5, 5.41) is 2.82. The molecule has 2 aromatic carbocycles. The maximum atomic E-state index is 12.5. The van der Waals surface area contributed by atoms with Crippen LogP contribution >= 0.6 is 0 Å². The molecule has 7 heteroatoms. The fourth-order valence-corrected chi connectivity index (χ4v) is 2.50. The van der Waals surface area contributed by atoms with Gasteiger partial charge < -0.3 is 19.5 Å². The van der Waals surface area contributed by atoms with Gasteiger partial charge in [-0.25, -0.2) is 0 Å². The van der Waals surface area contributed by atoms with Gasteiger partial charge >= 0.3 is 6.61 Å². The molecule has 0 heterocycles. The van der Waals surface area contributed by atoms with Crippen LogP contribution in [-0.4, -0.2) is 33.3 Å². The van der Waals surface area contributed by atoms with Gasteiger partial charge in [0.1, 0.15) is 0 Å². The average Bonchev–Trinajstić information content (AvgIpc) is 2.62. The van der Waals surface area contributed by atoms with E-state index in [4.69, 9.17) is 9.47 Å². The summed E-state index contributed by atoms with van der Waals surface area (Å²) >= 11 is 0. The Morgan fingerprint density at radius 2 is 1.88 bits per heavy atom. The van der Waals surface area contributed by atoms with Gasteiger partial charge in [-0.3, -0.25) is 4.79 Å². The molecule has 5 nitrogen and oxygen atoms in total. The smallest absolute Gasteiger partial charge is 0.387 e. The monoisotopic (exact) mass is 365 g/mol. The molecular weight excluding hydrogens is 344 g/mol. The van der Waals surface area contributed by atoms with Gasteiger partial charge in [-0.1, -0.05) is 24.3 Å². The number of alkyl halides is 2. The Labute approximate surface area is 150 Å². The predicted molar refractivity (Wildman–Crippen MR) is 92.8 cm³/mol. The molecule has 0 spiro atoms. The summed E-state index contributed by atoms with van der Waals surface area (Å²) in [4.78, 5) is 12.3. The molecule has 0 aliphatic heterocycles. The van der Waals surface area contributed by atoms with Crippen molar-refractivity contribution in [3.05, 3.63) is 59.2 Å². The molecule has 0 atom stereocenters. The first-order valence-electron chi connectivity index (χ1n) is 8.02. The van der Waals surface area contributed by atoms with Crippen LogP contribution in [0.3, 0.4) is 0 Å². The lowest BCUT2D eigenvalue weighted by atomic mass is 10.1. The quantitative estimate of drug-likeness (QED) is 0.740. The molecule has 0 aliphatic rings. The predicted octanol–water partition coefficient (Wildman–Crippen LogP) is 3.42. The minimum absolute atomic E-state index is 0.0308. The van der Waals surface area contributed by atoms with Gasteiger partial charge in [0.05, 0.1) is 13.7 Å². The van der Waals surface area contributed by atoms with Gasteiger partial charge in [0.15, 0.2) is 11.5 Å². The third-order valence-corrected chi connectivity index (χ3v) is 3.71. The van der Waals surface area contributed by atoms with E-state index in [2.05, 4.69) is 10.1 Å². The zero-order chi connectivity index (χ0) is 18.9. The van der Waals surface area contributed by atoms with Crippen molar-refractivity contribution in [1.82, 2.24) is 5.32 Å². The highest BCUT2D eigenvalue weighted by atomic mass is 19.3. The van der Waals surface area contributed by atoms with Crippen molar-refractivity contribution in [1.29, 1.82) is 0 Å². The maximum Gasteiger partial charge on any atom is 0.387 e. The fourth-order valence-electron chi connectivity index (χ4n) is 2.50. The summed E-state index contributed by atoms with van der Waals surface area (Å²) in [5.41, 5.74) is 2.09. The number of carbonyl (C=O) groups excluding carboxylic acids is 1. The van der Waals surface area contributed by atoms with E-state index in [1.165, 1.54) is 13.2 Å². The van der Waals surface area contributed by atoms with Crippen LogP contribution in [-0.2, 0) is 17.8 Å². The number of rotatable bonds is 9. The normalized spacial score (nSPS) is 10.7. The first-order chi connectivity index (χ1) is 12.5. The fraction of sp³-hybridized carbons (Fsp3) is 0.316. The van der Waals surface area contributed by atoms with Crippen molar-refractivity contribution in [2.75, 3.05) is 20.8 Å². The molecule has 0 saturated carbocycles. The summed E-state index contributed by atoms with van der Waals surface area (Å²) in [6, 6.07) is 12.0. The van der Waals surface area contributed by atoms with Gasteiger partial charge in [-0.05, 0) is 35.7 Å². The summed E-state index contributed by atoms with van der Waals surface area (Å²) in [7, 11) is 2.95. The second-order valence-electron chi connectivity index (χ2n) is 5.46. The molecule has 1 N–H and O–H groups in total. The Morgan fingerprint density at radius 1 is 1.12 bits per heavy atom. The number of hydrogen-bond donors (Lipinski definition) is 1. The third-order valence-electron chi connectivity index (χ3n) is 3.71. The second-order valence-corrected chi connectivity index (χ2v) is 5.46. The standard InChI is InChI=1S/C19H21F2NO4/c1-24-12-14-5-3-4-6-15(14)18(23)22-10-9-13-7-8-16(25-2)17(11-13)26-19(20)21/h3-8,11,19H,9-10,12H2,1-2H3,(H,22,23). The number of benzene rings is 2. The van der Waals surface area contributed by atoms with Crippen molar-refractivity contribution in [2.24, 2.45) is 0 Å². The van der Waals surface area contributed by atoms with E-state index < -0.39 is 6.61 Å². The van der Waals surface area contributed by atoms with E-state index in [0.29, 0.717) is 25.1 Å². The van der Waals surface area contributed by atoms with Crippen molar-refractivity contribution in [3.63, 3.8) is 0 Å². The number of halogens is 2. The Balaban J connectivity index is 1.98. The molecule has 0 unspecified atom stereocenters. The lowest BCUT2D eigenvalue weighted by molar-refractivity contribution is -0.0512. The average molecular weight is 365 g/mol. The molecule has 0 aromatic heterocycles. The van der Waals surface area contributed by atoms with E-state index in [9.17, 15) is 13.6 Å². The molecule has 0 bridgehead atoms. The van der Waals surface area contributed by atoms with Crippen molar-refractivity contribution >= 4 is 5.91 Å². The van der Waals surface area contributed by atoms with Crippen LogP contribution in [0.1, 0.15) is 21.5 Å². The first kappa shape index (κ1) is 19.7. The molecule has 26 heavy (non-hydrogen) atoms. The van der Waals surface area contributed by atoms with Gasteiger partial charge in [0, 0.05) is 19.2 Å². The van der Waals surface area contributed by atoms with E-state index >= 15 is 0 Å². The van der Waals surface area contributed by atoms with Crippen LogP contribution in [0.4, 0.5) is 8.78 Å². The topological polar surface area (TPSA) is 56.8 Å². The Hall–Kier alpha value is -2.67. The zero-order valence-electron chi connectivity index (χ0n) is 14.6. The highest BCUT2D eigenvalue weighted by molar-refractivity contribution is 5.95. The summed E-state index contributed by atoms with van der Waals surface area (Å²) in [5.74, 6) is -0.0152. The van der Waals surface area contributed by atoms with Crippen LogP contribution < -0.4 is 14.8 Å². The Morgan fingerprint density at radius 3 is 2.58 bits per heavy atom. The number of ether oxygens (including phenoxy) is 3. The first-order valence-corrected chi connectivity index (χ1v) is 8.02. The number of methoxy groups -OCH3 is 2. The Kier molecular flexibility index (Phi) is 7.35. The largest absolute Gasteiger partial charge is 0.493 e. The molecule has 0 aliphatic carbocycles.